The molecule has 82 valence electrons. The summed E-state index contributed by atoms with van der Waals surface area (Å²) in [7, 11) is 0. The molecule has 1 aromatic carbocycles. The molecule has 0 heterocycles. The van der Waals surface area contributed by atoms with E-state index in [0.717, 1.165) is 16.7 Å². The smallest absolute Gasteiger partial charge is 0.310 e. The van der Waals surface area contributed by atoms with E-state index in [4.69, 9.17) is 9.84 Å². The van der Waals surface area contributed by atoms with Gasteiger partial charge in [-0.1, -0.05) is 18.2 Å². The molecule has 0 amide bonds. The first-order valence-corrected chi connectivity index (χ1v) is 5.02. The number of carbonyl (C=O) groups is 1. The number of carbonyl (C=O) groups excluding carboxylic acids is 1. The topological polar surface area (TPSA) is 46.5 Å². The SMILES string of the molecule is CCOC(=O)Cc1ccc(CO)c(C)c1. The average molecular weight is 208 g/mol. The van der Waals surface area contributed by atoms with E-state index in [0.29, 0.717) is 13.0 Å². The van der Waals surface area contributed by atoms with Gasteiger partial charge < -0.3 is 9.84 Å². The van der Waals surface area contributed by atoms with Crippen LogP contribution in [-0.4, -0.2) is 17.7 Å². The summed E-state index contributed by atoms with van der Waals surface area (Å²) < 4.78 is 4.85. The maximum Gasteiger partial charge on any atom is 0.310 e. The molecule has 1 rings (SSSR count). The number of benzene rings is 1. The zero-order chi connectivity index (χ0) is 11.3. The number of esters is 1. The lowest BCUT2D eigenvalue weighted by Crippen LogP contribution is -2.07. The molecule has 0 bridgehead atoms. The molecule has 3 nitrogen and oxygen atoms in total. The van der Waals surface area contributed by atoms with Crippen LogP contribution in [0.4, 0.5) is 0 Å². The molecule has 0 saturated heterocycles. The van der Waals surface area contributed by atoms with Crippen LogP contribution in [0.3, 0.4) is 0 Å². The summed E-state index contributed by atoms with van der Waals surface area (Å²) >= 11 is 0. The fourth-order valence-electron chi connectivity index (χ4n) is 1.42. The maximum atomic E-state index is 11.2. The summed E-state index contributed by atoms with van der Waals surface area (Å²) in [6.45, 7) is 4.15. The zero-order valence-electron chi connectivity index (χ0n) is 9.12. The molecular formula is C12H16O3. The number of aliphatic hydroxyl groups excluding tert-OH is 1. The lowest BCUT2D eigenvalue weighted by molar-refractivity contribution is -0.142. The van der Waals surface area contributed by atoms with Gasteiger partial charge in [0.1, 0.15) is 0 Å². The van der Waals surface area contributed by atoms with Crippen molar-refractivity contribution in [3.05, 3.63) is 34.9 Å². The average Bonchev–Trinajstić information content (AvgIpc) is 2.18. The van der Waals surface area contributed by atoms with Gasteiger partial charge in [-0.05, 0) is 30.5 Å². The van der Waals surface area contributed by atoms with Crippen molar-refractivity contribution in [2.24, 2.45) is 0 Å². The second-order valence-electron chi connectivity index (χ2n) is 3.40. The van der Waals surface area contributed by atoms with E-state index in [1.807, 2.05) is 25.1 Å². The fourth-order valence-corrected chi connectivity index (χ4v) is 1.42. The number of hydrogen-bond donors (Lipinski definition) is 1. The number of aliphatic hydroxyl groups is 1. The Labute approximate surface area is 89.7 Å². The van der Waals surface area contributed by atoms with E-state index in [1.54, 1.807) is 6.92 Å². The van der Waals surface area contributed by atoms with E-state index in [9.17, 15) is 4.79 Å². The Morgan fingerprint density at radius 1 is 1.47 bits per heavy atom. The lowest BCUT2D eigenvalue weighted by atomic mass is 10.0. The van der Waals surface area contributed by atoms with Crippen LogP contribution < -0.4 is 0 Å². The van der Waals surface area contributed by atoms with Gasteiger partial charge in [0.15, 0.2) is 0 Å². The van der Waals surface area contributed by atoms with E-state index in [-0.39, 0.29) is 12.6 Å². The minimum atomic E-state index is -0.214. The van der Waals surface area contributed by atoms with Crippen molar-refractivity contribution in [2.75, 3.05) is 6.61 Å². The first kappa shape index (κ1) is 11.7. The van der Waals surface area contributed by atoms with E-state index >= 15 is 0 Å². The predicted octanol–water partition coefficient (Wildman–Crippen LogP) is 1.59. The molecule has 0 spiro atoms. The molecule has 0 aliphatic carbocycles. The Balaban J connectivity index is 2.71. The standard InChI is InChI=1S/C12H16O3/c1-3-15-12(14)7-10-4-5-11(8-13)9(2)6-10/h4-6,13H,3,7-8H2,1-2H3. The second kappa shape index (κ2) is 5.51. The monoisotopic (exact) mass is 208 g/mol. The zero-order valence-corrected chi connectivity index (χ0v) is 9.12. The largest absolute Gasteiger partial charge is 0.466 e. The molecule has 15 heavy (non-hydrogen) atoms. The Hall–Kier alpha value is -1.35. The third-order valence-corrected chi connectivity index (χ3v) is 2.23. The van der Waals surface area contributed by atoms with E-state index in [1.165, 1.54) is 0 Å². The Morgan fingerprint density at radius 3 is 2.73 bits per heavy atom. The highest BCUT2D eigenvalue weighted by Gasteiger charge is 2.05. The summed E-state index contributed by atoms with van der Waals surface area (Å²) in [4.78, 5) is 11.2. The van der Waals surface area contributed by atoms with Crippen LogP contribution in [0.25, 0.3) is 0 Å². The van der Waals surface area contributed by atoms with Gasteiger partial charge in [0.05, 0.1) is 19.6 Å². The van der Waals surface area contributed by atoms with Crippen molar-refractivity contribution in [2.45, 2.75) is 26.9 Å². The normalized spacial score (nSPS) is 10.1. The van der Waals surface area contributed by atoms with Gasteiger partial charge in [-0.15, -0.1) is 0 Å². The molecule has 0 aliphatic heterocycles. The summed E-state index contributed by atoms with van der Waals surface area (Å²) in [5.74, 6) is -0.214. The van der Waals surface area contributed by atoms with Gasteiger partial charge in [-0.2, -0.15) is 0 Å². The molecular weight excluding hydrogens is 192 g/mol. The van der Waals surface area contributed by atoms with Crippen LogP contribution in [0.15, 0.2) is 18.2 Å². The van der Waals surface area contributed by atoms with Crippen LogP contribution in [-0.2, 0) is 22.6 Å². The van der Waals surface area contributed by atoms with Gasteiger partial charge in [0, 0.05) is 0 Å². The third-order valence-electron chi connectivity index (χ3n) is 2.23. The minimum absolute atomic E-state index is 0.0333. The Bertz CT molecular complexity index is 345. The number of aryl methyl sites for hydroxylation is 1. The van der Waals surface area contributed by atoms with Crippen molar-refractivity contribution >= 4 is 5.97 Å². The number of hydrogen-bond acceptors (Lipinski definition) is 3. The van der Waals surface area contributed by atoms with Crippen LogP contribution in [0.2, 0.25) is 0 Å². The highest BCUT2D eigenvalue weighted by molar-refractivity contribution is 5.72. The van der Waals surface area contributed by atoms with Gasteiger partial charge in [-0.25, -0.2) is 0 Å². The first-order chi connectivity index (χ1) is 7.17. The number of ether oxygens (including phenoxy) is 1. The van der Waals surface area contributed by atoms with Crippen molar-refractivity contribution in [3.8, 4) is 0 Å². The van der Waals surface area contributed by atoms with Gasteiger partial charge >= 0.3 is 5.97 Å². The summed E-state index contributed by atoms with van der Waals surface area (Å²) in [6.07, 6.45) is 0.292. The van der Waals surface area contributed by atoms with Crippen molar-refractivity contribution in [1.82, 2.24) is 0 Å². The van der Waals surface area contributed by atoms with E-state index < -0.39 is 0 Å². The summed E-state index contributed by atoms with van der Waals surface area (Å²) in [5.41, 5.74) is 2.81. The fraction of sp³-hybridized carbons (Fsp3) is 0.417. The van der Waals surface area contributed by atoms with E-state index in [2.05, 4.69) is 0 Å². The molecule has 0 saturated carbocycles. The summed E-state index contributed by atoms with van der Waals surface area (Å²) in [6, 6.07) is 5.59. The Kier molecular flexibility index (Phi) is 4.31. The molecule has 0 aromatic heterocycles. The minimum Gasteiger partial charge on any atom is -0.466 e. The second-order valence-corrected chi connectivity index (χ2v) is 3.40. The van der Waals surface area contributed by atoms with Gasteiger partial charge in [-0.3, -0.25) is 4.79 Å². The maximum absolute atomic E-state index is 11.2. The molecule has 0 unspecified atom stereocenters. The highest BCUT2D eigenvalue weighted by atomic mass is 16.5. The molecule has 1 aromatic rings. The molecule has 0 atom stereocenters. The van der Waals surface area contributed by atoms with Crippen LogP contribution in [0.5, 0.6) is 0 Å². The quantitative estimate of drug-likeness (QED) is 0.764. The van der Waals surface area contributed by atoms with Crippen LogP contribution >= 0.6 is 0 Å². The molecule has 3 heteroatoms. The van der Waals surface area contributed by atoms with Crippen LogP contribution in [0.1, 0.15) is 23.6 Å². The van der Waals surface area contributed by atoms with Crippen molar-refractivity contribution in [1.29, 1.82) is 0 Å². The highest BCUT2D eigenvalue weighted by Crippen LogP contribution is 2.11. The lowest BCUT2D eigenvalue weighted by Gasteiger charge is -2.06. The number of rotatable bonds is 4. The van der Waals surface area contributed by atoms with Crippen molar-refractivity contribution in [3.63, 3.8) is 0 Å². The van der Waals surface area contributed by atoms with Crippen LogP contribution in [0, 0.1) is 6.92 Å². The first-order valence-electron chi connectivity index (χ1n) is 5.02. The molecule has 0 radical (unpaired) electrons. The van der Waals surface area contributed by atoms with Crippen molar-refractivity contribution < 1.29 is 14.6 Å². The summed E-state index contributed by atoms with van der Waals surface area (Å²) in [5, 5.41) is 8.98. The van der Waals surface area contributed by atoms with Gasteiger partial charge in [0.25, 0.3) is 0 Å². The predicted molar refractivity (Wildman–Crippen MR) is 57.4 cm³/mol. The Morgan fingerprint density at radius 2 is 2.20 bits per heavy atom. The third kappa shape index (κ3) is 3.36. The molecule has 1 N–H and O–H groups in total. The molecule has 0 aliphatic rings. The molecule has 0 fully saturated rings. The van der Waals surface area contributed by atoms with Gasteiger partial charge in [0.2, 0.25) is 0 Å².